The summed E-state index contributed by atoms with van der Waals surface area (Å²) in [6, 6.07) is 6.96. The Morgan fingerprint density at radius 3 is 2.95 bits per heavy atom. The third kappa shape index (κ3) is 4.56. The van der Waals surface area contributed by atoms with E-state index in [9.17, 15) is 9.59 Å². The van der Waals surface area contributed by atoms with Crippen LogP contribution in [0, 0.1) is 0 Å². The predicted octanol–water partition coefficient (Wildman–Crippen LogP) is 2.33. The number of ether oxygens (including phenoxy) is 1. The van der Waals surface area contributed by atoms with E-state index in [4.69, 9.17) is 4.74 Å². The second-order valence-electron chi connectivity index (χ2n) is 5.18. The van der Waals surface area contributed by atoms with Gasteiger partial charge >= 0.3 is 0 Å². The van der Waals surface area contributed by atoms with Crippen molar-refractivity contribution in [1.29, 1.82) is 0 Å². The van der Waals surface area contributed by atoms with Crippen LogP contribution in [0.25, 0.3) is 0 Å². The Morgan fingerprint density at radius 1 is 1.38 bits per heavy atom. The first kappa shape index (κ1) is 15.5. The van der Waals surface area contributed by atoms with Crippen LogP contribution in [0.3, 0.4) is 0 Å². The lowest BCUT2D eigenvalue weighted by Gasteiger charge is -2.11. The van der Waals surface area contributed by atoms with Crippen molar-refractivity contribution in [2.45, 2.75) is 38.7 Å². The summed E-state index contributed by atoms with van der Waals surface area (Å²) in [5.74, 6) is -0.257. The molecule has 0 aliphatic carbocycles. The van der Waals surface area contributed by atoms with Crippen molar-refractivity contribution < 1.29 is 14.3 Å². The van der Waals surface area contributed by atoms with Gasteiger partial charge in [-0.25, -0.2) is 0 Å². The highest BCUT2D eigenvalue weighted by molar-refractivity contribution is 5.98. The summed E-state index contributed by atoms with van der Waals surface area (Å²) in [5, 5.41) is 5.66. The standard InChI is InChI=1S/C16H22N2O3/c1-2-3-9-17-15(19)12-6-4-7-13(11-12)18-16(20)14-8-5-10-21-14/h4,6-7,11,14H,2-3,5,8-10H2,1H3,(H,17,19)(H,18,20)/t14-/m1/s1. The van der Waals surface area contributed by atoms with Crippen molar-refractivity contribution in [2.24, 2.45) is 0 Å². The van der Waals surface area contributed by atoms with Crippen LogP contribution < -0.4 is 10.6 Å². The Hall–Kier alpha value is -1.88. The first-order valence-corrected chi connectivity index (χ1v) is 7.51. The average molecular weight is 290 g/mol. The molecule has 1 heterocycles. The number of hydrogen-bond donors (Lipinski definition) is 2. The molecule has 0 bridgehead atoms. The maximum Gasteiger partial charge on any atom is 0.253 e. The molecule has 21 heavy (non-hydrogen) atoms. The lowest BCUT2D eigenvalue weighted by molar-refractivity contribution is -0.124. The van der Waals surface area contributed by atoms with Crippen LogP contribution in [0.1, 0.15) is 43.0 Å². The number of hydrogen-bond acceptors (Lipinski definition) is 3. The summed E-state index contributed by atoms with van der Waals surface area (Å²) < 4.78 is 5.34. The maximum atomic E-state index is 12.0. The zero-order valence-electron chi connectivity index (χ0n) is 12.4. The first-order valence-electron chi connectivity index (χ1n) is 7.51. The quantitative estimate of drug-likeness (QED) is 0.790. The Labute approximate surface area is 125 Å². The van der Waals surface area contributed by atoms with Crippen molar-refractivity contribution in [3.63, 3.8) is 0 Å². The van der Waals surface area contributed by atoms with E-state index in [1.165, 1.54) is 0 Å². The van der Waals surface area contributed by atoms with Gasteiger partial charge in [-0.05, 0) is 37.5 Å². The fourth-order valence-corrected chi connectivity index (χ4v) is 2.23. The summed E-state index contributed by atoms with van der Waals surface area (Å²) in [5.41, 5.74) is 1.18. The van der Waals surface area contributed by atoms with E-state index >= 15 is 0 Å². The van der Waals surface area contributed by atoms with Crippen molar-refractivity contribution >= 4 is 17.5 Å². The van der Waals surface area contributed by atoms with E-state index in [-0.39, 0.29) is 17.9 Å². The first-order chi connectivity index (χ1) is 10.2. The van der Waals surface area contributed by atoms with E-state index in [0.29, 0.717) is 24.4 Å². The van der Waals surface area contributed by atoms with Gasteiger partial charge in [0.05, 0.1) is 0 Å². The fraction of sp³-hybridized carbons (Fsp3) is 0.500. The molecule has 1 atom stereocenters. The molecule has 0 spiro atoms. The highest BCUT2D eigenvalue weighted by Gasteiger charge is 2.23. The molecule has 2 rings (SSSR count). The summed E-state index contributed by atoms with van der Waals surface area (Å²) >= 11 is 0. The maximum absolute atomic E-state index is 12.0. The molecule has 2 amide bonds. The number of rotatable bonds is 6. The zero-order chi connectivity index (χ0) is 15.1. The Balaban J connectivity index is 1.93. The molecule has 1 fully saturated rings. The molecule has 1 saturated heterocycles. The number of nitrogens with one attached hydrogen (secondary N) is 2. The number of amides is 2. The molecular formula is C16H22N2O3. The molecule has 1 aromatic rings. The largest absolute Gasteiger partial charge is 0.368 e. The molecule has 1 aliphatic heterocycles. The van der Waals surface area contributed by atoms with Gasteiger partial charge in [0.25, 0.3) is 11.8 Å². The molecule has 5 nitrogen and oxygen atoms in total. The highest BCUT2D eigenvalue weighted by atomic mass is 16.5. The topological polar surface area (TPSA) is 67.4 Å². The molecule has 0 radical (unpaired) electrons. The van der Waals surface area contributed by atoms with Crippen LogP contribution in [-0.2, 0) is 9.53 Å². The van der Waals surface area contributed by atoms with Gasteiger partial charge in [0.2, 0.25) is 0 Å². The minimum Gasteiger partial charge on any atom is -0.368 e. The Morgan fingerprint density at radius 2 is 2.24 bits per heavy atom. The van der Waals surface area contributed by atoms with Gasteiger partial charge in [0, 0.05) is 24.4 Å². The number of carbonyl (C=O) groups is 2. The molecule has 0 saturated carbocycles. The number of unbranched alkanes of at least 4 members (excludes halogenated alkanes) is 1. The molecule has 5 heteroatoms. The van der Waals surface area contributed by atoms with E-state index < -0.39 is 0 Å². The predicted molar refractivity (Wildman–Crippen MR) is 81.3 cm³/mol. The third-order valence-electron chi connectivity index (χ3n) is 3.43. The summed E-state index contributed by atoms with van der Waals surface area (Å²) in [6.07, 6.45) is 3.30. The minimum atomic E-state index is -0.368. The highest BCUT2D eigenvalue weighted by Crippen LogP contribution is 2.16. The monoisotopic (exact) mass is 290 g/mol. The summed E-state index contributed by atoms with van der Waals surface area (Å²) in [4.78, 5) is 23.9. The SMILES string of the molecule is CCCCNC(=O)c1cccc(NC(=O)[C@H]2CCCO2)c1. The molecule has 2 N–H and O–H groups in total. The van der Waals surface area contributed by atoms with Crippen LogP contribution in [-0.4, -0.2) is 31.1 Å². The van der Waals surface area contributed by atoms with E-state index in [1.807, 2.05) is 0 Å². The van der Waals surface area contributed by atoms with Crippen molar-refractivity contribution in [3.8, 4) is 0 Å². The van der Waals surface area contributed by atoms with Crippen molar-refractivity contribution in [2.75, 3.05) is 18.5 Å². The van der Waals surface area contributed by atoms with Crippen LogP contribution in [0.2, 0.25) is 0 Å². The van der Waals surface area contributed by atoms with Gasteiger partial charge in [0.1, 0.15) is 6.10 Å². The molecule has 1 aromatic carbocycles. The molecule has 0 unspecified atom stereocenters. The number of benzene rings is 1. The van der Waals surface area contributed by atoms with Gasteiger partial charge in [-0.1, -0.05) is 19.4 Å². The molecule has 114 valence electrons. The number of anilines is 1. The second kappa shape index (κ2) is 7.78. The van der Waals surface area contributed by atoms with E-state index in [2.05, 4.69) is 17.6 Å². The van der Waals surface area contributed by atoms with Gasteiger partial charge in [-0.3, -0.25) is 9.59 Å². The summed E-state index contributed by atoms with van der Waals surface area (Å²) in [7, 11) is 0. The van der Waals surface area contributed by atoms with Crippen LogP contribution in [0.15, 0.2) is 24.3 Å². The molecule has 0 aromatic heterocycles. The van der Waals surface area contributed by atoms with Crippen LogP contribution >= 0.6 is 0 Å². The van der Waals surface area contributed by atoms with E-state index in [1.54, 1.807) is 24.3 Å². The van der Waals surface area contributed by atoms with Gasteiger partial charge in [-0.2, -0.15) is 0 Å². The van der Waals surface area contributed by atoms with Gasteiger partial charge in [-0.15, -0.1) is 0 Å². The van der Waals surface area contributed by atoms with Crippen molar-refractivity contribution in [3.05, 3.63) is 29.8 Å². The summed E-state index contributed by atoms with van der Waals surface area (Å²) in [6.45, 7) is 3.38. The molecule has 1 aliphatic rings. The van der Waals surface area contributed by atoms with Gasteiger partial charge in [0.15, 0.2) is 0 Å². The Bertz CT molecular complexity index is 496. The molecular weight excluding hydrogens is 268 g/mol. The fourth-order valence-electron chi connectivity index (χ4n) is 2.23. The lowest BCUT2D eigenvalue weighted by atomic mass is 10.1. The number of carbonyl (C=O) groups excluding carboxylic acids is 2. The normalized spacial score (nSPS) is 17.5. The zero-order valence-corrected chi connectivity index (χ0v) is 12.4. The smallest absolute Gasteiger partial charge is 0.253 e. The van der Waals surface area contributed by atoms with Crippen LogP contribution in [0.5, 0.6) is 0 Å². The third-order valence-corrected chi connectivity index (χ3v) is 3.43. The average Bonchev–Trinajstić information content (AvgIpc) is 3.02. The second-order valence-corrected chi connectivity index (χ2v) is 5.18. The van der Waals surface area contributed by atoms with Gasteiger partial charge < -0.3 is 15.4 Å². The lowest BCUT2D eigenvalue weighted by Crippen LogP contribution is -2.27. The van der Waals surface area contributed by atoms with Crippen molar-refractivity contribution in [1.82, 2.24) is 5.32 Å². The van der Waals surface area contributed by atoms with Crippen LogP contribution in [0.4, 0.5) is 5.69 Å². The van der Waals surface area contributed by atoms with E-state index in [0.717, 1.165) is 25.7 Å². The Kier molecular flexibility index (Phi) is 5.75. The minimum absolute atomic E-state index is 0.114.